The molecule has 2 aliphatic rings. The molecular weight excluding hydrogens is 454 g/mol. The van der Waals surface area contributed by atoms with Crippen molar-refractivity contribution < 1.29 is 0 Å². The zero-order valence-electron chi connectivity index (χ0n) is 19.2. The number of nitrogens with one attached hydrogen (secondary N) is 2. The van der Waals surface area contributed by atoms with E-state index in [1.165, 1.54) is 22.3 Å². The number of hydrogen-bond acceptors (Lipinski definition) is 6. The number of pyridine rings is 1. The van der Waals surface area contributed by atoms with Crippen molar-refractivity contribution in [1.29, 1.82) is 0 Å². The Bertz CT molecular complexity index is 1250. The highest BCUT2D eigenvalue weighted by Crippen LogP contribution is 2.32. The van der Waals surface area contributed by atoms with E-state index < -0.39 is 0 Å². The fourth-order valence-corrected chi connectivity index (χ4v) is 4.79. The van der Waals surface area contributed by atoms with Crippen LogP contribution in [0.1, 0.15) is 27.8 Å². The average molecular weight is 480 g/mol. The maximum Gasteiger partial charge on any atom is 0.232 e. The van der Waals surface area contributed by atoms with E-state index in [2.05, 4.69) is 80.0 Å². The standard InChI is InChI=1S/C27H25N7S/c35-27(29-14-19-6-5-11-28-13-19)32-26-30-24(33-15-20-7-1-2-8-21(20)16-33)12-25(31-26)34-17-22-9-3-4-10-23(22)18-34/h1-13H,14-18H2,(H2,29,30,31,32,35). The van der Waals surface area contributed by atoms with Crippen LogP contribution in [0.2, 0.25) is 0 Å². The second kappa shape index (κ2) is 9.31. The van der Waals surface area contributed by atoms with Gasteiger partial charge in [0.15, 0.2) is 5.11 Å². The Hall–Kier alpha value is -4.04. The molecule has 0 amide bonds. The van der Waals surface area contributed by atoms with Crippen LogP contribution in [0.5, 0.6) is 0 Å². The van der Waals surface area contributed by atoms with E-state index in [0.717, 1.165) is 43.4 Å². The molecule has 0 saturated carbocycles. The lowest BCUT2D eigenvalue weighted by Gasteiger charge is -2.22. The summed E-state index contributed by atoms with van der Waals surface area (Å²) in [6.45, 7) is 3.90. The fourth-order valence-electron chi connectivity index (χ4n) is 4.62. The summed E-state index contributed by atoms with van der Waals surface area (Å²) in [5, 5.41) is 6.91. The molecule has 2 aromatic carbocycles. The minimum absolute atomic E-state index is 0.478. The van der Waals surface area contributed by atoms with E-state index in [9.17, 15) is 0 Å². The second-order valence-corrected chi connectivity index (χ2v) is 9.23. The lowest BCUT2D eigenvalue weighted by Crippen LogP contribution is -2.29. The van der Waals surface area contributed by atoms with Crippen molar-refractivity contribution >= 4 is 34.9 Å². The summed E-state index contributed by atoms with van der Waals surface area (Å²) in [7, 11) is 0. The number of fused-ring (bicyclic) bond motifs is 2. The van der Waals surface area contributed by atoms with Gasteiger partial charge in [0.2, 0.25) is 5.95 Å². The Morgan fingerprint density at radius 1 is 0.771 bits per heavy atom. The first-order valence-corrected chi connectivity index (χ1v) is 12.1. The van der Waals surface area contributed by atoms with Gasteiger partial charge in [-0.15, -0.1) is 0 Å². The van der Waals surface area contributed by atoms with Crippen LogP contribution in [-0.4, -0.2) is 20.1 Å². The van der Waals surface area contributed by atoms with Crippen LogP contribution in [0.3, 0.4) is 0 Å². The molecule has 0 radical (unpaired) electrons. The highest BCUT2D eigenvalue weighted by molar-refractivity contribution is 7.80. The van der Waals surface area contributed by atoms with Gasteiger partial charge >= 0.3 is 0 Å². The minimum Gasteiger partial charge on any atom is -0.358 e. The van der Waals surface area contributed by atoms with Crippen molar-refractivity contribution in [3.8, 4) is 0 Å². The third kappa shape index (κ3) is 4.65. The number of benzene rings is 2. The van der Waals surface area contributed by atoms with Gasteiger partial charge in [-0.1, -0.05) is 54.6 Å². The predicted octanol–water partition coefficient (Wildman–Crippen LogP) is 4.40. The molecule has 2 aliphatic heterocycles. The lowest BCUT2D eigenvalue weighted by atomic mass is 10.1. The number of nitrogens with zero attached hydrogens (tertiary/aromatic N) is 5. The van der Waals surface area contributed by atoms with E-state index in [-0.39, 0.29) is 0 Å². The number of aromatic nitrogens is 3. The van der Waals surface area contributed by atoms with Crippen molar-refractivity contribution in [2.45, 2.75) is 32.7 Å². The molecule has 0 unspecified atom stereocenters. The molecule has 4 heterocycles. The van der Waals surface area contributed by atoms with E-state index in [1.807, 2.05) is 18.3 Å². The molecule has 0 fully saturated rings. The Kier molecular flexibility index (Phi) is 5.71. The molecule has 0 saturated heterocycles. The largest absolute Gasteiger partial charge is 0.358 e. The first-order valence-electron chi connectivity index (χ1n) is 11.7. The summed E-state index contributed by atoms with van der Waals surface area (Å²) in [6.07, 6.45) is 3.58. The van der Waals surface area contributed by atoms with Crippen LogP contribution >= 0.6 is 12.2 Å². The molecular formula is C27H25N7S. The summed E-state index contributed by atoms with van der Waals surface area (Å²) in [5.41, 5.74) is 6.40. The third-order valence-corrected chi connectivity index (χ3v) is 6.68. The Morgan fingerprint density at radius 3 is 1.80 bits per heavy atom. The normalized spacial score (nSPS) is 13.9. The Labute approximate surface area is 209 Å². The Morgan fingerprint density at radius 2 is 1.31 bits per heavy atom. The molecule has 6 rings (SSSR count). The van der Waals surface area contributed by atoms with E-state index >= 15 is 0 Å². The van der Waals surface area contributed by atoms with Gasteiger partial charge < -0.3 is 20.4 Å². The number of hydrogen-bond donors (Lipinski definition) is 2. The summed E-state index contributed by atoms with van der Waals surface area (Å²) in [6, 6.07) is 23.1. The molecule has 7 nitrogen and oxygen atoms in total. The maximum atomic E-state index is 5.56. The number of thiocarbonyl (C=S) groups is 1. The number of rotatable bonds is 5. The van der Waals surface area contributed by atoms with Crippen molar-refractivity contribution in [3.05, 3.63) is 107 Å². The van der Waals surface area contributed by atoms with Gasteiger partial charge in [0, 0.05) is 51.2 Å². The van der Waals surface area contributed by atoms with Crippen LogP contribution in [0, 0.1) is 0 Å². The molecule has 35 heavy (non-hydrogen) atoms. The molecule has 4 aromatic rings. The van der Waals surface area contributed by atoms with Gasteiger partial charge in [0.1, 0.15) is 11.6 Å². The van der Waals surface area contributed by atoms with Gasteiger partial charge in [0.25, 0.3) is 0 Å². The van der Waals surface area contributed by atoms with Crippen molar-refractivity contribution in [2.75, 3.05) is 15.1 Å². The second-order valence-electron chi connectivity index (χ2n) is 8.83. The first kappa shape index (κ1) is 21.5. The van der Waals surface area contributed by atoms with Crippen molar-refractivity contribution in [2.24, 2.45) is 0 Å². The monoisotopic (exact) mass is 479 g/mol. The van der Waals surface area contributed by atoms with Crippen LogP contribution in [0.4, 0.5) is 17.6 Å². The molecule has 0 aliphatic carbocycles. The quantitative estimate of drug-likeness (QED) is 0.408. The van der Waals surface area contributed by atoms with Crippen LogP contribution in [-0.2, 0) is 32.7 Å². The summed E-state index contributed by atoms with van der Waals surface area (Å²) < 4.78 is 0. The molecule has 2 N–H and O–H groups in total. The molecule has 0 spiro atoms. The SMILES string of the molecule is S=C(NCc1cccnc1)Nc1nc(N2Cc3ccccc3C2)cc(N2Cc3ccccc3C2)n1. The van der Waals surface area contributed by atoms with E-state index in [0.29, 0.717) is 17.6 Å². The highest BCUT2D eigenvalue weighted by Gasteiger charge is 2.25. The third-order valence-electron chi connectivity index (χ3n) is 6.43. The summed E-state index contributed by atoms with van der Waals surface area (Å²) >= 11 is 5.56. The topological polar surface area (TPSA) is 69.2 Å². The van der Waals surface area contributed by atoms with Crippen molar-refractivity contribution in [1.82, 2.24) is 20.3 Å². The smallest absolute Gasteiger partial charge is 0.232 e. The highest BCUT2D eigenvalue weighted by atomic mass is 32.1. The summed E-state index contributed by atoms with van der Waals surface area (Å²) in [5.74, 6) is 2.27. The van der Waals surface area contributed by atoms with Gasteiger partial charge in [-0.05, 0) is 46.1 Å². The molecule has 2 aromatic heterocycles. The molecule has 0 atom stereocenters. The zero-order valence-corrected chi connectivity index (χ0v) is 20.0. The lowest BCUT2D eigenvalue weighted by molar-refractivity contribution is 0.827. The molecule has 8 heteroatoms. The summed E-state index contributed by atoms with van der Waals surface area (Å²) in [4.78, 5) is 18.4. The average Bonchev–Trinajstić information content (AvgIpc) is 3.52. The van der Waals surface area contributed by atoms with Crippen molar-refractivity contribution in [3.63, 3.8) is 0 Å². The first-order chi connectivity index (χ1) is 17.2. The minimum atomic E-state index is 0.478. The zero-order chi connectivity index (χ0) is 23.6. The Balaban J connectivity index is 1.25. The maximum absolute atomic E-state index is 5.56. The molecule has 174 valence electrons. The van der Waals surface area contributed by atoms with E-state index in [4.69, 9.17) is 22.2 Å². The van der Waals surface area contributed by atoms with Crippen LogP contribution in [0.15, 0.2) is 79.1 Å². The number of anilines is 3. The van der Waals surface area contributed by atoms with Gasteiger partial charge in [-0.2, -0.15) is 9.97 Å². The van der Waals surface area contributed by atoms with Gasteiger partial charge in [-0.25, -0.2) is 0 Å². The van der Waals surface area contributed by atoms with Gasteiger partial charge in [-0.3, -0.25) is 4.98 Å². The predicted molar refractivity (Wildman–Crippen MR) is 142 cm³/mol. The molecule has 0 bridgehead atoms. The van der Waals surface area contributed by atoms with Crippen LogP contribution in [0.25, 0.3) is 0 Å². The fraction of sp³-hybridized carbons (Fsp3) is 0.185. The van der Waals surface area contributed by atoms with Gasteiger partial charge in [0.05, 0.1) is 0 Å². The van der Waals surface area contributed by atoms with E-state index in [1.54, 1.807) is 6.20 Å². The van der Waals surface area contributed by atoms with Crippen LogP contribution < -0.4 is 20.4 Å².